The molecule has 1 saturated heterocycles. The molecule has 4 rings (SSSR count). The zero-order chi connectivity index (χ0) is 24.5. The first-order valence-electron chi connectivity index (χ1n) is 10.9. The fraction of sp³-hybridized carbons (Fsp3) is 0.455. The van der Waals surface area contributed by atoms with Gasteiger partial charge in [-0.1, -0.05) is 29.3 Å². The van der Waals surface area contributed by atoms with Crippen LogP contribution in [0.3, 0.4) is 0 Å². The van der Waals surface area contributed by atoms with Crippen LogP contribution in [0.25, 0.3) is 11.2 Å². The molecule has 12 heteroatoms. The van der Waals surface area contributed by atoms with Gasteiger partial charge in [0.2, 0.25) is 10.0 Å². The summed E-state index contributed by atoms with van der Waals surface area (Å²) in [5.41, 5.74) is 8.75. The number of aromatic nitrogens is 3. The van der Waals surface area contributed by atoms with Gasteiger partial charge < -0.3 is 15.2 Å². The van der Waals surface area contributed by atoms with E-state index in [-0.39, 0.29) is 12.8 Å². The quantitative estimate of drug-likeness (QED) is 0.265. The van der Waals surface area contributed by atoms with Crippen LogP contribution in [-0.4, -0.2) is 49.5 Å². The van der Waals surface area contributed by atoms with Crippen molar-refractivity contribution >= 4 is 55.8 Å². The van der Waals surface area contributed by atoms with Crippen molar-refractivity contribution in [3.8, 4) is 0 Å². The summed E-state index contributed by atoms with van der Waals surface area (Å²) in [6, 6.07) is 6.78. The zero-order valence-corrected chi connectivity index (χ0v) is 21.3. The molecule has 1 aromatic carbocycles. The number of fused-ring (bicyclic) bond motifs is 1. The van der Waals surface area contributed by atoms with E-state index < -0.39 is 10.0 Å². The largest absolute Gasteiger partial charge is 0.397 e. The number of imidazole rings is 1. The van der Waals surface area contributed by atoms with Crippen LogP contribution in [0.2, 0.25) is 10.2 Å². The number of hydrogen-bond acceptors (Lipinski definition) is 7. The van der Waals surface area contributed by atoms with Crippen LogP contribution in [0.1, 0.15) is 36.9 Å². The van der Waals surface area contributed by atoms with Crippen molar-refractivity contribution < 1.29 is 17.9 Å². The van der Waals surface area contributed by atoms with Crippen LogP contribution in [0.5, 0.6) is 0 Å². The maximum absolute atomic E-state index is 11.9. The van der Waals surface area contributed by atoms with Crippen LogP contribution in [0, 0.1) is 0 Å². The maximum atomic E-state index is 11.9. The van der Waals surface area contributed by atoms with Crippen molar-refractivity contribution in [3.05, 3.63) is 45.8 Å². The van der Waals surface area contributed by atoms with Gasteiger partial charge >= 0.3 is 0 Å². The smallest absolute Gasteiger partial charge is 0.232 e. The van der Waals surface area contributed by atoms with E-state index in [0.29, 0.717) is 52.3 Å². The number of ether oxygens (including phenoxy) is 2. The van der Waals surface area contributed by atoms with E-state index >= 15 is 0 Å². The number of benzene rings is 1. The van der Waals surface area contributed by atoms with Gasteiger partial charge in [0, 0.05) is 20.1 Å². The monoisotopic (exact) mass is 527 g/mol. The average molecular weight is 528 g/mol. The summed E-state index contributed by atoms with van der Waals surface area (Å²) in [4.78, 5) is 9.17. The summed E-state index contributed by atoms with van der Waals surface area (Å²) in [6.45, 7) is 1.34. The number of nitrogens with two attached hydrogens (primary N) is 1. The van der Waals surface area contributed by atoms with Gasteiger partial charge in [0.25, 0.3) is 0 Å². The third-order valence-electron chi connectivity index (χ3n) is 5.76. The fourth-order valence-electron chi connectivity index (χ4n) is 3.93. The van der Waals surface area contributed by atoms with E-state index in [4.69, 9.17) is 43.4 Å². The highest BCUT2D eigenvalue weighted by atomic mass is 35.5. The molecule has 1 aliphatic heterocycles. The SMILES string of the molecule is CN(c1cc(COCCc2nc3c(Cl)cc(Cl)nc3n2C2CCCCO2)ccc1N)S(C)(=O)=O. The first-order chi connectivity index (χ1) is 16.1. The van der Waals surface area contributed by atoms with E-state index in [9.17, 15) is 8.42 Å². The molecule has 3 heterocycles. The summed E-state index contributed by atoms with van der Waals surface area (Å²) in [5.74, 6) is 0.758. The molecule has 0 amide bonds. The van der Waals surface area contributed by atoms with E-state index in [2.05, 4.69) is 4.98 Å². The minimum Gasteiger partial charge on any atom is -0.397 e. The van der Waals surface area contributed by atoms with E-state index in [0.717, 1.165) is 41.2 Å². The molecular formula is C22H27Cl2N5O4S. The maximum Gasteiger partial charge on any atom is 0.232 e. The van der Waals surface area contributed by atoms with Crippen molar-refractivity contribution in [2.24, 2.45) is 0 Å². The first-order valence-corrected chi connectivity index (χ1v) is 13.5. The van der Waals surface area contributed by atoms with Crippen LogP contribution in [-0.2, 0) is 32.5 Å². The second-order valence-electron chi connectivity index (χ2n) is 8.24. The molecule has 1 unspecified atom stereocenters. The molecule has 0 saturated carbocycles. The Morgan fingerprint density at radius 2 is 2.06 bits per heavy atom. The molecule has 3 aromatic rings. The zero-order valence-electron chi connectivity index (χ0n) is 19.0. The Hall–Kier alpha value is -2.11. The molecule has 34 heavy (non-hydrogen) atoms. The average Bonchev–Trinajstić information content (AvgIpc) is 3.15. The number of nitrogens with zero attached hydrogens (tertiary/aromatic N) is 4. The highest BCUT2D eigenvalue weighted by Gasteiger charge is 2.24. The van der Waals surface area contributed by atoms with Crippen molar-refractivity contribution in [2.45, 2.75) is 38.5 Å². The fourth-order valence-corrected chi connectivity index (χ4v) is 4.92. The van der Waals surface area contributed by atoms with E-state index in [1.165, 1.54) is 7.05 Å². The Morgan fingerprint density at radius 1 is 1.26 bits per heavy atom. The van der Waals surface area contributed by atoms with Crippen LogP contribution in [0.15, 0.2) is 24.3 Å². The van der Waals surface area contributed by atoms with Gasteiger partial charge in [-0.2, -0.15) is 0 Å². The number of rotatable bonds is 8. The molecular weight excluding hydrogens is 501 g/mol. The first kappa shape index (κ1) is 25.0. The molecule has 0 spiro atoms. The number of pyridine rings is 1. The van der Waals surface area contributed by atoms with Crippen molar-refractivity contribution in [1.82, 2.24) is 14.5 Å². The lowest BCUT2D eigenvalue weighted by Gasteiger charge is -2.25. The second-order valence-corrected chi connectivity index (χ2v) is 11.1. The molecule has 1 aliphatic rings. The van der Waals surface area contributed by atoms with Gasteiger partial charge in [-0.15, -0.1) is 0 Å². The topological polar surface area (TPSA) is 113 Å². The summed E-state index contributed by atoms with van der Waals surface area (Å²) < 4.78 is 38.8. The molecule has 1 fully saturated rings. The third kappa shape index (κ3) is 5.41. The lowest BCUT2D eigenvalue weighted by molar-refractivity contribution is -0.0318. The van der Waals surface area contributed by atoms with E-state index in [1.807, 2.05) is 10.6 Å². The molecule has 2 aromatic heterocycles. The normalized spacial score (nSPS) is 16.8. The standard InChI is InChI=1S/C22H27Cl2N5O4S/c1-28(34(2,30)31)17-11-14(6-7-16(17)25)13-32-10-8-19-27-21-15(23)12-18(24)26-22(21)29(19)20-5-3-4-9-33-20/h6-7,11-12,20H,3-5,8-10,13,25H2,1-2H3. The van der Waals surface area contributed by atoms with Crippen molar-refractivity contribution in [3.63, 3.8) is 0 Å². The molecule has 0 bridgehead atoms. The predicted molar refractivity (Wildman–Crippen MR) is 134 cm³/mol. The number of nitrogen functional groups attached to an aromatic ring is 1. The van der Waals surface area contributed by atoms with Gasteiger partial charge in [-0.3, -0.25) is 8.87 Å². The summed E-state index contributed by atoms with van der Waals surface area (Å²) in [5, 5.41) is 0.742. The van der Waals surface area contributed by atoms with Crippen molar-refractivity contribution in [2.75, 3.05) is 36.6 Å². The van der Waals surface area contributed by atoms with Gasteiger partial charge in [0.15, 0.2) is 5.65 Å². The van der Waals surface area contributed by atoms with Gasteiger partial charge in [-0.25, -0.2) is 18.4 Å². The van der Waals surface area contributed by atoms with Crippen LogP contribution in [0.4, 0.5) is 11.4 Å². The Kier molecular flexibility index (Phi) is 7.54. The minimum absolute atomic E-state index is 0.179. The third-order valence-corrected chi connectivity index (χ3v) is 7.43. The molecule has 9 nitrogen and oxygen atoms in total. The van der Waals surface area contributed by atoms with E-state index in [1.54, 1.807) is 18.2 Å². The Balaban J connectivity index is 1.50. The van der Waals surface area contributed by atoms with Gasteiger partial charge in [0.1, 0.15) is 22.7 Å². The van der Waals surface area contributed by atoms with Gasteiger partial charge in [0.05, 0.1) is 35.9 Å². The Labute approximate surface area is 208 Å². The summed E-state index contributed by atoms with van der Waals surface area (Å²) in [7, 11) is -1.96. The number of hydrogen-bond donors (Lipinski definition) is 1. The number of sulfonamides is 1. The molecule has 0 aliphatic carbocycles. The lowest BCUT2D eigenvalue weighted by Crippen LogP contribution is -2.25. The number of anilines is 2. The molecule has 184 valence electrons. The highest BCUT2D eigenvalue weighted by molar-refractivity contribution is 7.92. The number of halogens is 2. The lowest BCUT2D eigenvalue weighted by atomic mass is 10.2. The Bertz CT molecular complexity index is 1290. The second kappa shape index (κ2) is 10.2. The minimum atomic E-state index is -3.43. The van der Waals surface area contributed by atoms with Crippen LogP contribution >= 0.6 is 23.2 Å². The molecule has 0 radical (unpaired) electrons. The predicted octanol–water partition coefficient (Wildman–Crippen LogP) is 4.17. The highest BCUT2D eigenvalue weighted by Crippen LogP contribution is 2.32. The summed E-state index contributed by atoms with van der Waals surface area (Å²) in [6.07, 6.45) is 4.39. The molecule has 2 N–H and O–H groups in total. The van der Waals surface area contributed by atoms with Crippen molar-refractivity contribution in [1.29, 1.82) is 0 Å². The van der Waals surface area contributed by atoms with Gasteiger partial charge in [-0.05, 0) is 43.0 Å². The molecule has 1 atom stereocenters. The summed E-state index contributed by atoms with van der Waals surface area (Å²) >= 11 is 12.5. The van der Waals surface area contributed by atoms with Crippen LogP contribution < -0.4 is 10.0 Å². The Morgan fingerprint density at radius 3 is 2.76 bits per heavy atom.